The predicted molar refractivity (Wildman–Crippen MR) is 83.5 cm³/mol. The molecule has 1 saturated carbocycles. The van der Waals surface area contributed by atoms with Crippen LogP contribution in [0.2, 0.25) is 0 Å². The molecule has 1 aromatic rings. The van der Waals surface area contributed by atoms with Crippen LogP contribution in [0.25, 0.3) is 0 Å². The van der Waals surface area contributed by atoms with E-state index in [-0.39, 0.29) is 31.1 Å². The predicted octanol–water partition coefficient (Wildman–Crippen LogP) is -0.775. The van der Waals surface area contributed by atoms with Gasteiger partial charge in [-0.2, -0.15) is 9.40 Å². The van der Waals surface area contributed by atoms with E-state index in [1.165, 1.54) is 15.1 Å². The summed E-state index contributed by atoms with van der Waals surface area (Å²) in [5.74, 6) is 0.205. The molecule has 0 unspecified atom stereocenters. The van der Waals surface area contributed by atoms with Crippen molar-refractivity contribution in [3.8, 4) is 0 Å². The van der Waals surface area contributed by atoms with Gasteiger partial charge in [-0.05, 0) is 18.9 Å². The second-order valence-corrected chi connectivity index (χ2v) is 8.05. The Kier molecular flexibility index (Phi) is 4.24. The summed E-state index contributed by atoms with van der Waals surface area (Å²) >= 11 is 0. The highest BCUT2D eigenvalue weighted by molar-refractivity contribution is 7.88. The van der Waals surface area contributed by atoms with Gasteiger partial charge in [0.1, 0.15) is 6.54 Å². The number of carbonyl (C=O) groups excluding carboxylic acids is 1. The summed E-state index contributed by atoms with van der Waals surface area (Å²) in [5, 5.41) is 4.27. The molecule has 1 aromatic heterocycles. The highest BCUT2D eigenvalue weighted by Crippen LogP contribution is 2.38. The van der Waals surface area contributed by atoms with Crippen molar-refractivity contribution in [1.29, 1.82) is 0 Å². The van der Waals surface area contributed by atoms with Crippen LogP contribution >= 0.6 is 0 Å². The van der Waals surface area contributed by atoms with Gasteiger partial charge in [-0.1, -0.05) is 0 Å². The fourth-order valence-electron chi connectivity index (χ4n) is 2.67. The van der Waals surface area contributed by atoms with Gasteiger partial charge in [0.25, 0.3) is 5.56 Å². The molecule has 126 valence electrons. The lowest BCUT2D eigenvalue weighted by atomic mass is 10.3. The first-order chi connectivity index (χ1) is 10.8. The lowest BCUT2D eigenvalue weighted by molar-refractivity contribution is -0.133. The molecule has 0 spiro atoms. The van der Waals surface area contributed by atoms with Gasteiger partial charge in [-0.3, -0.25) is 9.59 Å². The van der Waals surface area contributed by atoms with Crippen LogP contribution in [0.3, 0.4) is 0 Å². The highest BCUT2D eigenvalue weighted by atomic mass is 32.2. The Balaban J connectivity index is 1.64. The van der Waals surface area contributed by atoms with Gasteiger partial charge in [-0.25, -0.2) is 13.1 Å². The van der Waals surface area contributed by atoms with Gasteiger partial charge < -0.3 is 4.90 Å². The molecule has 0 aromatic carbocycles. The van der Waals surface area contributed by atoms with Crippen molar-refractivity contribution in [2.24, 2.45) is 0 Å². The van der Waals surface area contributed by atoms with E-state index in [1.54, 1.807) is 11.0 Å². The first kappa shape index (κ1) is 16.1. The molecule has 2 fully saturated rings. The number of rotatable bonds is 4. The van der Waals surface area contributed by atoms with Crippen molar-refractivity contribution >= 4 is 15.9 Å². The standard InChI is InChI=1S/C14H20N4O4S/c1-23(21,22)17-8-6-16(7-9-17)14(20)10-18-13(19)5-4-12(15-18)11-2-3-11/h4-5,11H,2-3,6-10H2,1H3. The van der Waals surface area contributed by atoms with Gasteiger partial charge in [0.2, 0.25) is 15.9 Å². The van der Waals surface area contributed by atoms with Crippen LogP contribution in [0.15, 0.2) is 16.9 Å². The molecule has 0 bridgehead atoms. The molecule has 0 radical (unpaired) electrons. The van der Waals surface area contributed by atoms with Gasteiger partial charge in [0.15, 0.2) is 0 Å². The van der Waals surface area contributed by atoms with E-state index in [9.17, 15) is 18.0 Å². The lowest BCUT2D eigenvalue weighted by Crippen LogP contribution is -2.51. The number of amides is 1. The van der Waals surface area contributed by atoms with Gasteiger partial charge >= 0.3 is 0 Å². The van der Waals surface area contributed by atoms with Crippen LogP contribution in [-0.2, 0) is 21.4 Å². The molecule has 3 rings (SSSR count). The molecular formula is C14H20N4O4S. The molecule has 23 heavy (non-hydrogen) atoms. The number of piperazine rings is 1. The van der Waals surface area contributed by atoms with Crippen LogP contribution in [0.4, 0.5) is 0 Å². The summed E-state index contributed by atoms with van der Waals surface area (Å²) in [4.78, 5) is 25.8. The number of sulfonamides is 1. The molecule has 0 N–H and O–H groups in total. The Morgan fingerprint density at radius 2 is 1.87 bits per heavy atom. The Morgan fingerprint density at radius 3 is 2.43 bits per heavy atom. The molecule has 1 aliphatic carbocycles. The van der Waals surface area contributed by atoms with Crippen LogP contribution in [0.5, 0.6) is 0 Å². The minimum absolute atomic E-state index is 0.0989. The molecule has 9 heteroatoms. The maximum Gasteiger partial charge on any atom is 0.267 e. The van der Waals surface area contributed by atoms with Gasteiger partial charge in [-0.15, -0.1) is 0 Å². The Hall–Kier alpha value is -1.74. The lowest BCUT2D eigenvalue weighted by Gasteiger charge is -2.33. The second kappa shape index (κ2) is 6.04. The third-order valence-electron chi connectivity index (χ3n) is 4.23. The zero-order valence-electron chi connectivity index (χ0n) is 13.0. The number of hydrogen-bond acceptors (Lipinski definition) is 5. The van der Waals surface area contributed by atoms with E-state index < -0.39 is 10.0 Å². The van der Waals surface area contributed by atoms with Crippen molar-refractivity contribution in [3.63, 3.8) is 0 Å². The first-order valence-corrected chi connectivity index (χ1v) is 9.50. The summed E-state index contributed by atoms with van der Waals surface area (Å²) in [6.45, 7) is 1.15. The fraction of sp³-hybridized carbons (Fsp3) is 0.643. The van der Waals surface area contributed by atoms with Crippen LogP contribution < -0.4 is 5.56 Å². The summed E-state index contributed by atoms with van der Waals surface area (Å²) in [6.07, 6.45) is 3.32. The average molecular weight is 340 g/mol. The van der Waals surface area contributed by atoms with Gasteiger partial charge in [0.05, 0.1) is 11.9 Å². The highest BCUT2D eigenvalue weighted by Gasteiger charge is 2.28. The van der Waals surface area contributed by atoms with Crippen molar-refractivity contribution < 1.29 is 13.2 Å². The average Bonchev–Trinajstić information content (AvgIpc) is 3.33. The monoisotopic (exact) mass is 340 g/mol. The molecule has 0 atom stereocenters. The minimum atomic E-state index is -3.22. The molecule has 2 aliphatic rings. The fourth-order valence-corrected chi connectivity index (χ4v) is 3.50. The molecular weight excluding hydrogens is 320 g/mol. The van der Waals surface area contributed by atoms with E-state index in [1.807, 2.05) is 0 Å². The number of aromatic nitrogens is 2. The SMILES string of the molecule is CS(=O)(=O)N1CCN(C(=O)Cn2nc(C3CC3)ccc2=O)CC1. The Bertz CT molecular complexity index is 761. The summed E-state index contributed by atoms with van der Waals surface area (Å²) in [7, 11) is -3.22. The van der Waals surface area contributed by atoms with E-state index in [0.29, 0.717) is 19.0 Å². The first-order valence-electron chi connectivity index (χ1n) is 7.65. The number of carbonyl (C=O) groups is 1. The molecule has 1 aliphatic heterocycles. The maximum atomic E-state index is 12.3. The van der Waals surface area contributed by atoms with E-state index in [4.69, 9.17) is 0 Å². The van der Waals surface area contributed by atoms with Crippen molar-refractivity contribution in [3.05, 3.63) is 28.2 Å². The van der Waals surface area contributed by atoms with E-state index in [0.717, 1.165) is 24.8 Å². The smallest absolute Gasteiger partial charge is 0.267 e. The van der Waals surface area contributed by atoms with E-state index >= 15 is 0 Å². The quantitative estimate of drug-likeness (QED) is 0.717. The van der Waals surface area contributed by atoms with Crippen molar-refractivity contribution in [2.45, 2.75) is 25.3 Å². The summed E-state index contributed by atoms with van der Waals surface area (Å²) in [5.41, 5.74) is 0.566. The second-order valence-electron chi connectivity index (χ2n) is 6.07. The molecule has 1 saturated heterocycles. The summed E-state index contributed by atoms with van der Waals surface area (Å²) in [6, 6.07) is 3.18. The normalized spacial score (nSPS) is 19.8. The van der Waals surface area contributed by atoms with Crippen LogP contribution in [-0.4, -0.2) is 65.7 Å². The van der Waals surface area contributed by atoms with Crippen molar-refractivity contribution in [2.75, 3.05) is 32.4 Å². The van der Waals surface area contributed by atoms with Gasteiger partial charge in [0, 0.05) is 38.2 Å². The zero-order valence-corrected chi connectivity index (χ0v) is 13.8. The summed E-state index contributed by atoms with van der Waals surface area (Å²) < 4.78 is 25.5. The Labute approximate surface area is 134 Å². The number of hydrogen-bond donors (Lipinski definition) is 0. The van der Waals surface area contributed by atoms with E-state index in [2.05, 4.69) is 5.10 Å². The molecule has 2 heterocycles. The molecule has 1 amide bonds. The number of nitrogens with zero attached hydrogens (tertiary/aromatic N) is 4. The van der Waals surface area contributed by atoms with Crippen LogP contribution in [0.1, 0.15) is 24.5 Å². The third-order valence-corrected chi connectivity index (χ3v) is 5.53. The topological polar surface area (TPSA) is 92.6 Å². The maximum absolute atomic E-state index is 12.3. The van der Waals surface area contributed by atoms with Crippen LogP contribution in [0, 0.1) is 0 Å². The largest absolute Gasteiger partial charge is 0.338 e. The van der Waals surface area contributed by atoms with Crippen molar-refractivity contribution in [1.82, 2.24) is 19.0 Å². The zero-order chi connectivity index (χ0) is 16.6. The third kappa shape index (κ3) is 3.78. The molecule has 8 nitrogen and oxygen atoms in total. The minimum Gasteiger partial charge on any atom is -0.338 e. The Morgan fingerprint density at radius 1 is 1.22 bits per heavy atom.